The zero-order valence-electron chi connectivity index (χ0n) is 20.7. The van der Waals surface area contributed by atoms with Gasteiger partial charge in [-0.25, -0.2) is 0 Å². The lowest BCUT2D eigenvalue weighted by atomic mass is 10.1. The summed E-state index contributed by atoms with van der Waals surface area (Å²) >= 11 is 0. The standard InChI is InChI=1S/C29H33N3O3/c1-4-20(3)30-28(34)24(5-2)31(18-17-21-11-7-6-8-12-21)26(33)19-32-25-16-10-14-22-13-9-15-23(27(22)25)29(32)35/h6-16,20,24H,4-5,17-19H2,1-3H3,(H,30,34)/t20-,24-/m0/s1. The Hall–Kier alpha value is -3.67. The Morgan fingerprint density at radius 3 is 2.34 bits per heavy atom. The van der Waals surface area contributed by atoms with Crippen molar-refractivity contribution in [1.29, 1.82) is 0 Å². The van der Waals surface area contributed by atoms with Crippen LogP contribution in [0.5, 0.6) is 0 Å². The van der Waals surface area contributed by atoms with E-state index >= 15 is 0 Å². The van der Waals surface area contributed by atoms with Crippen molar-refractivity contribution in [2.24, 2.45) is 0 Å². The Labute approximate surface area is 206 Å². The zero-order valence-corrected chi connectivity index (χ0v) is 20.7. The van der Waals surface area contributed by atoms with Crippen LogP contribution in [0, 0.1) is 0 Å². The molecule has 0 saturated heterocycles. The van der Waals surface area contributed by atoms with Crippen LogP contribution in [0.2, 0.25) is 0 Å². The highest BCUT2D eigenvalue weighted by Gasteiger charge is 2.35. The van der Waals surface area contributed by atoms with Gasteiger partial charge in [-0.3, -0.25) is 19.3 Å². The molecule has 3 aromatic rings. The van der Waals surface area contributed by atoms with E-state index in [0.717, 1.165) is 28.4 Å². The van der Waals surface area contributed by atoms with Gasteiger partial charge in [-0.1, -0.05) is 68.4 Å². The molecule has 3 aromatic carbocycles. The van der Waals surface area contributed by atoms with Crippen molar-refractivity contribution in [3.63, 3.8) is 0 Å². The van der Waals surface area contributed by atoms with Crippen molar-refractivity contribution in [3.8, 4) is 0 Å². The highest BCUT2D eigenvalue weighted by atomic mass is 16.2. The van der Waals surface area contributed by atoms with Gasteiger partial charge in [-0.05, 0) is 49.3 Å². The van der Waals surface area contributed by atoms with Crippen LogP contribution in [0.25, 0.3) is 10.8 Å². The smallest absolute Gasteiger partial charge is 0.259 e. The van der Waals surface area contributed by atoms with Crippen LogP contribution >= 0.6 is 0 Å². The Bertz CT molecular complexity index is 1220. The molecule has 3 amide bonds. The van der Waals surface area contributed by atoms with Gasteiger partial charge in [0.2, 0.25) is 11.8 Å². The van der Waals surface area contributed by atoms with E-state index < -0.39 is 6.04 Å². The summed E-state index contributed by atoms with van der Waals surface area (Å²) < 4.78 is 0. The fourth-order valence-electron chi connectivity index (χ4n) is 4.70. The van der Waals surface area contributed by atoms with Crippen LogP contribution in [0.4, 0.5) is 5.69 Å². The van der Waals surface area contributed by atoms with Gasteiger partial charge in [-0.15, -0.1) is 0 Å². The topological polar surface area (TPSA) is 69.7 Å². The summed E-state index contributed by atoms with van der Waals surface area (Å²) in [5.41, 5.74) is 2.46. The fourth-order valence-corrected chi connectivity index (χ4v) is 4.70. The number of amides is 3. The molecule has 0 spiro atoms. The van der Waals surface area contributed by atoms with E-state index in [-0.39, 0.29) is 30.3 Å². The molecule has 0 saturated carbocycles. The number of rotatable bonds is 10. The van der Waals surface area contributed by atoms with Crippen molar-refractivity contribution >= 4 is 34.2 Å². The number of nitrogens with zero attached hydrogens (tertiary/aromatic N) is 2. The Balaban J connectivity index is 1.60. The van der Waals surface area contributed by atoms with Gasteiger partial charge in [0.25, 0.3) is 5.91 Å². The summed E-state index contributed by atoms with van der Waals surface area (Å²) in [4.78, 5) is 43.4. The summed E-state index contributed by atoms with van der Waals surface area (Å²) in [5.74, 6) is -0.558. The molecule has 1 heterocycles. The second kappa shape index (κ2) is 10.7. The molecule has 6 heteroatoms. The molecule has 0 aromatic heterocycles. The lowest BCUT2D eigenvalue weighted by Gasteiger charge is -2.32. The van der Waals surface area contributed by atoms with Gasteiger partial charge in [-0.2, -0.15) is 0 Å². The number of benzene rings is 3. The summed E-state index contributed by atoms with van der Waals surface area (Å²) in [5, 5.41) is 4.89. The van der Waals surface area contributed by atoms with Gasteiger partial charge >= 0.3 is 0 Å². The van der Waals surface area contributed by atoms with Crippen molar-refractivity contribution in [3.05, 3.63) is 77.9 Å². The fraction of sp³-hybridized carbons (Fsp3) is 0.345. The molecule has 182 valence electrons. The largest absolute Gasteiger partial charge is 0.352 e. The van der Waals surface area contributed by atoms with Gasteiger partial charge < -0.3 is 10.2 Å². The maximum Gasteiger partial charge on any atom is 0.259 e. The molecular formula is C29H33N3O3. The van der Waals surface area contributed by atoms with E-state index in [1.165, 1.54) is 0 Å². The second-order valence-corrected chi connectivity index (χ2v) is 9.14. The number of hydrogen-bond donors (Lipinski definition) is 1. The van der Waals surface area contributed by atoms with Gasteiger partial charge in [0.05, 0.1) is 5.69 Å². The van der Waals surface area contributed by atoms with E-state index in [1.54, 1.807) is 15.9 Å². The average molecular weight is 472 g/mol. The monoisotopic (exact) mass is 471 g/mol. The van der Waals surface area contributed by atoms with Gasteiger partial charge in [0.15, 0.2) is 0 Å². The molecule has 0 fully saturated rings. The van der Waals surface area contributed by atoms with Crippen LogP contribution in [-0.2, 0) is 16.0 Å². The summed E-state index contributed by atoms with van der Waals surface area (Å²) in [6, 6.07) is 20.7. The molecule has 1 aliphatic heterocycles. The van der Waals surface area contributed by atoms with Crippen molar-refractivity contribution in [1.82, 2.24) is 10.2 Å². The second-order valence-electron chi connectivity index (χ2n) is 9.14. The number of nitrogens with one attached hydrogen (secondary N) is 1. The Morgan fingerprint density at radius 1 is 0.943 bits per heavy atom. The first-order chi connectivity index (χ1) is 16.9. The first-order valence-corrected chi connectivity index (χ1v) is 12.4. The first-order valence-electron chi connectivity index (χ1n) is 12.4. The van der Waals surface area contributed by atoms with E-state index in [4.69, 9.17) is 0 Å². The Kier molecular flexibility index (Phi) is 7.49. The molecule has 0 radical (unpaired) electrons. The Morgan fingerprint density at radius 2 is 1.66 bits per heavy atom. The van der Waals surface area contributed by atoms with E-state index in [2.05, 4.69) is 5.32 Å². The average Bonchev–Trinajstić information content (AvgIpc) is 3.14. The van der Waals surface area contributed by atoms with E-state index in [0.29, 0.717) is 24.9 Å². The third-order valence-corrected chi connectivity index (χ3v) is 6.81. The third kappa shape index (κ3) is 5.06. The number of carbonyl (C=O) groups excluding carboxylic acids is 3. The van der Waals surface area contributed by atoms with Crippen LogP contribution in [0.1, 0.15) is 49.5 Å². The van der Waals surface area contributed by atoms with E-state index in [9.17, 15) is 14.4 Å². The lowest BCUT2D eigenvalue weighted by Crippen LogP contribution is -2.54. The molecular weight excluding hydrogens is 438 g/mol. The predicted molar refractivity (Wildman–Crippen MR) is 139 cm³/mol. The van der Waals surface area contributed by atoms with Crippen molar-refractivity contribution < 1.29 is 14.4 Å². The van der Waals surface area contributed by atoms with Crippen molar-refractivity contribution in [2.45, 2.75) is 52.1 Å². The van der Waals surface area contributed by atoms with Crippen LogP contribution in [-0.4, -0.2) is 47.8 Å². The molecule has 1 aliphatic rings. The minimum Gasteiger partial charge on any atom is -0.352 e. The predicted octanol–water partition coefficient (Wildman–Crippen LogP) is 4.56. The maximum atomic E-state index is 13.7. The highest BCUT2D eigenvalue weighted by Crippen LogP contribution is 2.37. The molecule has 6 nitrogen and oxygen atoms in total. The van der Waals surface area contributed by atoms with Gasteiger partial charge in [0.1, 0.15) is 12.6 Å². The normalized spacial score (nSPS) is 14.1. The van der Waals surface area contributed by atoms with Crippen LogP contribution in [0.3, 0.4) is 0 Å². The number of anilines is 1. The minimum atomic E-state index is -0.601. The molecule has 0 bridgehead atoms. The third-order valence-electron chi connectivity index (χ3n) is 6.81. The number of hydrogen-bond acceptors (Lipinski definition) is 3. The lowest BCUT2D eigenvalue weighted by molar-refractivity contribution is -0.139. The number of carbonyl (C=O) groups is 3. The molecule has 0 aliphatic carbocycles. The molecule has 35 heavy (non-hydrogen) atoms. The summed E-state index contributed by atoms with van der Waals surface area (Å²) in [6.07, 6.45) is 1.93. The van der Waals surface area contributed by atoms with Crippen LogP contribution in [0.15, 0.2) is 66.7 Å². The quantitative estimate of drug-likeness (QED) is 0.471. The summed E-state index contributed by atoms with van der Waals surface area (Å²) in [6.45, 7) is 6.19. The first kappa shape index (κ1) is 24.5. The molecule has 4 rings (SSSR count). The molecule has 1 N–H and O–H groups in total. The molecule has 0 unspecified atom stereocenters. The summed E-state index contributed by atoms with van der Waals surface area (Å²) in [7, 11) is 0. The highest BCUT2D eigenvalue weighted by molar-refractivity contribution is 6.26. The van der Waals surface area contributed by atoms with Crippen molar-refractivity contribution in [2.75, 3.05) is 18.0 Å². The van der Waals surface area contributed by atoms with E-state index in [1.807, 2.05) is 81.4 Å². The minimum absolute atomic E-state index is 0.0230. The SMILES string of the molecule is CC[C@H](C)NC(=O)[C@H](CC)N(CCc1ccccc1)C(=O)CN1C(=O)c2cccc3cccc1c23. The van der Waals surface area contributed by atoms with Crippen LogP contribution < -0.4 is 10.2 Å². The maximum absolute atomic E-state index is 13.7. The molecule has 2 atom stereocenters. The zero-order chi connectivity index (χ0) is 24.9. The van der Waals surface area contributed by atoms with Gasteiger partial charge in [0, 0.05) is 23.5 Å².